The van der Waals surface area contributed by atoms with E-state index in [1.165, 1.54) is 17.5 Å². The van der Waals surface area contributed by atoms with Gasteiger partial charge in [-0.25, -0.2) is 0 Å². The normalized spacial score (nSPS) is 10.2. The summed E-state index contributed by atoms with van der Waals surface area (Å²) < 4.78 is 0. The third-order valence-corrected chi connectivity index (χ3v) is 2.84. The predicted octanol–water partition coefficient (Wildman–Crippen LogP) is 3.74. The summed E-state index contributed by atoms with van der Waals surface area (Å²) in [5.41, 5.74) is 4.66. The SMILES string of the molecule is CCCc1ccc(-c2cc(NC)ccn2)cc1. The van der Waals surface area contributed by atoms with E-state index < -0.39 is 0 Å². The highest BCUT2D eigenvalue weighted by Gasteiger charge is 2.00. The molecule has 1 aromatic carbocycles. The highest BCUT2D eigenvalue weighted by molar-refractivity contribution is 5.64. The molecule has 0 aliphatic carbocycles. The van der Waals surface area contributed by atoms with E-state index in [0.717, 1.165) is 17.8 Å². The van der Waals surface area contributed by atoms with Gasteiger partial charge in [-0.05, 0) is 24.1 Å². The fraction of sp³-hybridized carbons (Fsp3) is 0.267. The summed E-state index contributed by atoms with van der Waals surface area (Å²) >= 11 is 0. The minimum Gasteiger partial charge on any atom is -0.388 e. The molecule has 88 valence electrons. The van der Waals surface area contributed by atoms with Crippen LogP contribution in [0.2, 0.25) is 0 Å². The highest BCUT2D eigenvalue weighted by Crippen LogP contribution is 2.20. The van der Waals surface area contributed by atoms with Crippen LogP contribution in [0.1, 0.15) is 18.9 Å². The lowest BCUT2D eigenvalue weighted by Crippen LogP contribution is -1.90. The summed E-state index contributed by atoms with van der Waals surface area (Å²) in [5.74, 6) is 0. The first kappa shape index (κ1) is 11.6. The van der Waals surface area contributed by atoms with Crippen molar-refractivity contribution in [3.05, 3.63) is 48.2 Å². The molecule has 0 atom stereocenters. The quantitative estimate of drug-likeness (QED) is 0.859. The second-order valence-electron chi connectivity index (χ2n) is 4.13. The van der Waals surface area contributed by atoms with Crippen LogP contribution in [0, 0.1) is 0 Å². The molecule has 0 amide bonds. The molecule has 2 rings (SSSR count). The van der Waals surface area contributed by atoms with Crippen LogP contribution in [-0.4, -0.2) is 12.0 Å². The van der Waals surface area contributed by atoms with Gasteiger partial charge in [0, 0.05) is 24.5 Å². The number of aryl methyl sites for hydroxylation is 1. The molecule has 0 spiro atoms. The van der Waals surface area contributed by atoms with Crippen molar-refractivity contribution in [2.45, 2.75) is 19.8 Å². The van der Waals surface area contributed by atoms with E-state index in [-0.39, 0.29) is 0 Å². The molecule has 1 heterocycles. The van der Waals surface area contributed by atoms with Crippen molar-refractivity contribution in [2.24, 2.45) is 0 Å². The fourth-order valence-corrected chi connectivity index (χ4v) is 1.87. The second-order valence-corrected chi connectivity index (χ2v) is 4.13. The molecule has 0 bridgehead atoms. The van der Waals surface area contributed by atoms with Gasteiger partial charge < -0.3 is 5.32 Å². The Hall–Kier alpha value is -1.83. The Balaban J connectivity index is 2.26. The first-order valence-corrected chi connectivity index (χ1v) is 6.06. The van der Waals surface area contributed by atoms with Crippen LogP contribution in [0.15, 0.2) is 42.6 Å². The van der Waals surface area contributed by atoms with Crippen molar-refractivity contribution in [1.29, 1.82) is 0 Å². The molecule has 0 radical (unpaired) electrons. The van der Waals surface area contributed by atoms with Gasteiger partial charge in [0.15, 0.2) is 0 Å². The molecule has 0 saturated carbocycles. The van der Waals surface area contributed by atoms with Gasteiger partial charge in [0.25, 0.3) is 0 Å². The third kappa shape index (κ3) is 2.84. The van der Waals surface area contributed by atoms with E-state index in [2.05, 4.69) is 47.6 Å². The lowest BCUT2D eigenvalue weighted by molar-refractivity contribution is 0.922. The molecule has 0 saturated heterocycles. The fourth-order valence-electron chi connectivity index (χ4n) is 1.87. The number of aromatic nitrogens is 1. The molecule has 0 aliphatic rings. The summed E-state index contributed by atoms with van der Waals surface area (Å²) in [6.45, 7) is 2.20. The van der Waals surface area contributed by atoms with Gasteiger partial charge in [0.05, 0.1) is 5.69 Å². The largest absolute Gasteiger partial charge is 0.388 e. The van der Waals surface area contributed by atoms with Crippen LogP contribution >= 0.6 is 0 Å². The standard InChI is InChI=1S/C15H18N2/c1-3-4-12-5-7-13(8-6-12)15-11-14(16-2)9-10-17-15/h5-11H,3-4H2,1-2H3,(H,16,17). The van der Waals surface area contributed by atoms with E-state index in [9.17, 15) is 0 Å². The first-order valence-electron chi connectivity index (χ1n) is 6.06. The number of hydrogen-bond donors (Lipinski definition) is 1. The molecule has 0 aliphatic heterocycles. The number of benzene rings is 1. The van der Waals surface area contributed by atoms with Crippen molar-refractivity contribution in [2.75, 3.05) is 12.4 Å². The molecule has 2 nitrogen and oxygen atoms in total. The summed E-state index contributed by atoms with van der Waals surface area (Å²) in [6.07, 6.45) is 4.16. The second kappa shape index (κ2) is 5.48. The van der Waals surface area contributed by atoms with E-state index in [1.54, 1.807) is 0 Å². The molecule has 0 fully saturated rings. The Labute approximate surface area is 103 Å². The topological polar surface area (TPSA) is 24.9 Å². The first-order chi connectivity index (χ1) is 8.33. The zero-order valence-electron chi connectivity index (χ0n) is 10.4. The maximum atomic E-state index is 4.39. The van der Waals surface area contributed by atoms with Crippen molar-refractivity contribution in [1.82, 2.24) is 4.98 Å². The van der Waals surface area contributed by atoms with Crippen LogP contribution < -0.4 is 5.32 Å². The summed E-state index contributed by atoms with van der Waals surface area (Å²) in [7, 11) is 1.92. The van der Waals surface area contributed by atoms with Gasteiger partial charge >= 0.3 is 0 Å². The number of anilines is 1. The molecule has 2 aromatic rings. The Morgan fingerprint density at radius 1 is 1.12 bits per heavy atom. The lowest BCUT2D eigenvalue weighted by Gasteiger charge is -2.05. The molecule has 1 N–H and O–H groups in total. The number of rotatable bonds is 4. The minimum absolute atomic E-state index is 1.01. The van der Waals surface area contributed by atoms with Gasteiger partial charge in [-0.2, -0.15) is 0 Å². The summed E-state index contributed by atoms with van der Waals surface area (Å²) in [6, 6.07) is 12.7. The maximum absolute atomic E-state index is 4.39. The summed E-state index contributed by atoms with van der Waals surface area (Å²) in [5, 5.41) is 3.13. The van der Waals surface area contributed by atoms with Crippen LogP contribution in [0.5, 0.6) is 0 Å². The monoisotopic (exact) mass is 226 g/mol. The minimum atomic E-state index is 1.01. The maximum Gasteiger partial charge on any atom is 0.0722 e. The molecule has 0 unspecified atom stereocenters. The number of nitrogens with one attached hydrogen (secondary N) is 1. The smallest absolute Gasteiger partial charge is 0.0722 e. The number of hydrogen-bond acceptors (Lipinski definition) is 2. The Morgan fingerprint density at radius 3 is 2.53 bits per heavy atom. The van der Waals surface area contributed by atoms with Gasteiger partial charge in [-0.3, -0.25) is 4.98 Å². The Kier molecular flexibility index (Phi) is 3.76. The van der Waals surface area contributed by atoms with Gasteiger partial charge in [-0.1, -0.05) is 37.6 Å². The third-order valence-electron chi connectivity index (χ3n) is 2.84. The molecule has 2 heteroatoms. The molecular weight excluding hydrogens is 208 g/mol. The summed E-state index contributed by atoms with van der Waals surface area (Å²) in [4.78, 5) is 4.39. The van der Waals surface area contributed by atoms with Crippen LogP contribution in [0.25, 0.3) is 11.3 Å². The zero-order valence-corrected chi connectivity index (χ0v) is 10.4. The van der Waals surface area contributed by atoms with Crippen molar-refractivity contribution in [3.8, 4) is 11.3 Å². The average Bonchev–Trinajstić information content (AvgIpc) is 2.40. The van der Waals surface area contributed by atoms with E-state index in [1.807, 2.05) is 19.3 Å². The predicted molar refractivity (Wildman–Crippen MR) is 73.2 cm³/mol. The molecule has 1 aromatic heterocycles. The van der Waals surface area contributed by atoms with Gasteiger partial charge in [-0.15, -0.1) is 0 Å². The van der Waals surface area contributed by atoms with Crippen LogP contribution in [0.4, 0.5) is 5.69 Å². The number of nitrogens with zero attached hydrogens (tertiary/aromatic N) is 1. The lowest BCUT2D eigenvalue weighted by atomic mass is 10.1. The molecule has 17 heavy (non-hydrogen) atoms. The van der Waals surface area contributed by atoms with Crippen molar-refractivity contribution in [3.63, 3.8) is 0 Å². The number of pyridine rings is 1. The van der Waals surface area contributed by atoms with Crippen LogP contribution in [0.3, 0.4) is 0 Å². The van der Waals surface area contributed by atoms with Gasteiger partial charge in [0.1, 0.15) is 0 Å². The van der Waals surface area contributed by atoms with E-state index >= 15 is 0 Å². The van der Waals surface area contributed by atoms with Crippen molar-refractivity contribution >= 4 is 5.69 Å². The van der Waals surface area contributed by atoms with E-state index in [4.69, 9.17) is 0 Å². The zero-order chi connectivity index (χ0) is 12.1. The van der Waals surface area contributed by atoms with Crippen LogP contribution in [-0.2, 0) is 6.42 Å². The highest BCUT2D eigenvalue weighted by atomic mass is 14.8. The average molecular weight is 226 g/mol. The van der Waals surface area contributed by atoms with Crippen molar-refractivity contribution < 1.29 is 0 Å². The van der Waals surface area contributed by atoms with E-state index in [0.29, 0.717) is 0 Å². The Bertz CT molecular complexity index is 475. The van der Waals surface area contributed by atoms with Gasteiger partial charge in [0.2, 0.25) is 0 Å². The Morgan fingerprint density at radius 2 is 1.88 bits per heavy atom. The molecular formula is C15H18N2.